The number of aryl methyl sites for hydroxylation is 2. The first kappa shape index (κ1) is 21.4. The van der Waals surface area contributed by atoms with Crippen LogP contribution in [-0.4, -0.2) is 49.1 Å². The lowest BCUT2D eigenvalue weighted by Gasteiger charge is -2.49. The van der Waals surface area contributed by atoms with Gasteiger partial charge in [0, 0.05) is 30.6 Å². The van der Waals surface area contributed by atoms with E-state index in [9.17, 15) is 0 Å². The van der Waals surface area contributed by atoms with E-state index in [2.05, 4.69) is 100 Å². The summed E-state index contributed by atoms with van der Waals surface area (Å²) in [6, 6.07) is 20.5. The zero-order chi connectivity index (χ0) is 23.1. The number of fused-ring (bicyclic) bond motifs is 2. The van der Waals surface area contributed by atoms with Crippen LogP contribution in [0.1, 0.15) is 48.9 Å². The van der Waals surface area contributed by atoms with Gasteiger partial charge in [-0.2, -0.15) is 0 Å². The predicted octanol–water partition coefficient (Wildman–Crippen LogP) is 6.40. The van der Waals surface area contributed by atoms with Crippen molar-refractivity contribution in [1.29, 1.82) is 0 Å². The van der Waals surface area contributed by atoms with Gasteiger partial charge in [0.25, 0.3) is 0 Å². The highest BCUT2D eigenvalue weighted by Gasteiger charge is 2.55. The SMILES string of the molecule is Cc1ccc2c(c1)C(C1CC(C)N(C)C1)(C1CC(C)N(C)C1)c1cccc3c(C)ccc-2c13. The molecule has 0 spiro atoms. The normalized spacial score (nSPS) is 31.9. The van der Waals surface area contributed by atoms with Crippen molar-refractivity contribution in [3.8, 4) is 11.1 Å². The van der Waals surface area contributed by atoms with Crippen LogP contribution < -0.4 is 0 Å². The summed E-state index contributed by atoms with van der Waals surface area (Å²) >= 11 is 0. The monoisotopic (exact) mass is 438 g/mol. The molecule has 1 aliphatic carbocycles. The van der Waals surface area contributed by atoms with Gasteiger partial charge in [0.2, 0.25) is 0 Å². The third-order valence-electron chi connectivity index (χ3n) is 9.68. The molecule has 3 aromatic carbocycles. The summed E-state index contributed by atoms with van der Waals surface area (Å²) in [6.45, 7) is 11.8. The molecule has 33 heavy (non-hydrogen) atoms. The molecule has 4 atom stereocenters. The standard InChI is InChI=1S/C31H38N2/c1-19-10-12-26-27-13-11-20(2)25-8-7-9-28(30(25)27)31(29(26)14-19,23-15-21(3)32(5)17-23)24-16-22(4)33(6)18-24/h7-14,21-24H,15-18H2,1-6H3. The molecule has 0 amide bonds. The smallest absolute Gasteiger partial charge is 0.0297 e. The van der Waals surface area contributed by atoms with Gasteiger partial charge in [-0.3, -0.25) is 0 Å². The van der Waals surface area contributed by atoms with Crippen LogP contribution in [0.2, 0.25) is 0 Å². The Bertz CT molecular complexity index is 1200. The first-order valence-corrected chi connectivity index (χ1v) is 12.9. The van der Waals surface area contributed by atoms with Crippen molar-refractivity contribution in [3.05, 3.63) is 70.8 Å². The van der Waals surface area contributed by atoms with Gasteiger partial charge in [-0.25, -0.2) is 0 Å². The van der Waals surface area contributed by atoms with Crippen LogP contribution in [0.3, 0.4) is 0 Å². The van der Waals surface area contributed by atoms with E-state index in [4.69, 9.17) is 0 Å². The maximum atomic E-state index is 2.61. The van der Waals surface area contributed by atoms with Crippen LogP contribution in [0.5, 0.6) is 0 Å². The Hall–Kier alpha value is -2.16. The molecule has 2 heteroatoms. The number of likely N-dealkylation sites (tertiary alicyclic amines) is 2. The first-order chi connectivity index (χ1) is 15.8. The fourth-order valence-electron chi connectivity index (χ4n) is 7.76. The number of rotatable bonds is 2. The second kappa shape index (κ2) is 7.42. The molecule has 2 aliphatic heterocycles. The van der Waals surface area contributed by atoms with E-state index in [0.29, 0.717) is 23.9 Å². The molecular formula is C31H38N2. The van der Waals surface area contributed by atoms with E-state index in [1.807, 2.05) is 0 Å². The summed E-state index contributed by atoms with van der Waals surface area (Å²) in [6.07, 6.45) is 2.55. The minimum Gasteiger partial charge on any atom is -0.303 e. The van der Waals surface area contributed by atoms with E-state index in [1.165, 1.54) is 59.0 Å². The summed E-state index contributed by atoms with van der Waals surface area (Å²) in [5, 5.41) is 2.97. The van der Waals surface area contributed by atoms with Gasteiger partial charge >= 0.3 is 0 Å². The highest BCUT2D eigenvalue weighted by molar-refractivity contribution is 6.04. The van der Waals surface area contributed by atoms with Gasteiger partial charge < -0.3 is 9.80 Å². The van der Waals surface area contributed by atoms with E-state index in [0.717, 1.165) is 0 Å². The molecule has 0 saturated carbocycles. The Balaban J connectivity index is 1.75. The fourth-order valence-corrected chi connectivity index (χ4v) is 7.76. The molecule has 2 nitrogen and oxygen atoms in total. The zero-order valence-electron chi connectivity index (χ0n) is 21.2. The summed E-state index contributed by atoms with van der Waals surface area (Å²) in [5.74, 6) is 1.25. The van der Waals surface area contributed by atoms with Gasteiger partial charge in [-0.05, 0) is 105 Å². The minimum absolute atomic E-state index is 0.0553. The maximum absolute atomic E-state index is 2.61. The van der Waals surface area contributed by atoms with Gasteiger partial charge in [0.15, 0.2) is 0 Å². The third-order valence-corrected chi connectivity index (χ3v) is 9.68. The van der Waals surface area contributed by atoms with Crippen LogP contribution in [0.15, 0.2) is 48.5 Å². The molecular weight excluding hydrogens is 400 g/mol. The van der Waals surface area contributed by atoms with Crippen LogP contribution in [0, 0.1) is 25.7 Å². The third kappa shape index (κ3) is 2.87. The van der Waals surface area contributed by atoms with Gasteiger partial charge in [-0.15, -0.1) is 0 Å². The second-order valence-corrected chi connectivity index (χ2v) is 11.5. The highest BCUT2D eigenvalue weighted by atomic mass is 15.2. The Morgan fingerprint density at radius 2 is 1.39 bits per heavy atom. The number of hydrogen-bond donors (Lipinski definition) is 0. The van der Waals surface area contributed by atoms with Crippen molar-refractivity contribution < 1.29 is 0 Å². The van der Waals surface area contributed by atoms with Crippen LogP contribution in [0.4, 0.5) is 0 Å². The van der Waals surface area contributed by atoms with E-state index < -0.39 is 0 Å². The first-order valence-electron chi connectivity index (χ1n) is 12.9. The molecule has 0 N–H and O–H groups in total. The summed E-state index contributed by atoms with van der Waals surface area (Å²) < 4.78 is 0. The summed E-state index contributed by atoms with van der Waals surface area (Å²) in [7, 11) is 4.67. The highest BCUT2D eigenvalue weighted by Crippen LogP contribution is 2.60. The Morgan fingerprint density at radius 3 is 2.00 bits per heavy atom. The fraction of sp³-hybridized carbons (Fsp3) is 0.484. The molecule has 2 saturated heterocycles. The average molecular weight is 439 g/mol. The van der Waals surface area contributed by atoms with E-state index in [1.54, 1.807) is 11.1 Å². The van der Waals surface area contributed by atoms with Crippen molar-refractivity contribution in [2.45, 2.75) is 58.0 Å². The van der Waals surface area contributed by atoms with Crippen molar-refractivity contribution >= 4 is 10.8 Å². The summed E-state index contributed by atoms with van der Waals surface area (Å²) in [5.41, 5.74) is 8.97. The lowest BCUT2D eigenvalue weighted by Crippen LogP contribution is -2.47. The van der Waals surface area contributed by atoms with Gasteiger partial charge in [0.05, 0.1) is 0 Å². The van der Waals surface area contributed by atoms with E-state index in [-0.39, 0.29) is 5.41 Å². The average Bonchev–Trinajstić information content (AvgIpc) is 3.31. The van der Waals surface area contributed by atoms with E-state index >= 15 is 0 Å². The molecule has 172 valence electrons. The maximum Gasteiger partial charge on any atom is 0.0297 e. The quantitative estimate of drug-likeness (QED) is 0.456. The number of benzene rings is 3. The van der Waals surface area contributed by atoms with Crippen LogP contribution in [0.25, 0.3) is 21.9 Å². The van der Waals surface area contributed by atoms with Crippen molar-refractivity contribution in [2.24, 2.45) is 11.8 Å². The van der Waals surface area contributed by atoms with Crippen molar-refractivity contribution in [1.82, 2.24) is 9.80 Å². The van der Waals surface area contributed by atoms with Crippen LogP contribution in [-0.2, 0) is 5.41 Å². The predicted molar refractivity (Wildman–Crippen MR) is 140 cm³/mol. The molecule has 0 bridgehead atoms. The molecule has 3 aromatic rings. The molecule has 2 fully saturated rings. The largest absolute Gasteiger partial charge is 0.303 e. The number of hydrogen-bond acceptors (Lipinski definition) is 2. The Morgan fingerprint density at radius 1 is 0.758 bits per heavy atom. The second-order valence-electron chi connectivity index (χ2n) is 11.5. The molecule has 6 rings (SSSR count). The van der Waals surface area contributed by atoms with Crippen molar-refractivity contribution in [2.75, 3.05) is 27.2 Å². The zero-order valence-corrected chi connectivity index (χ0v) is 21.2. The topological polar surface area (TPSA) is 6.48 Å². The van der Waals surface area contributed by atoms with Gasteiger partial charge in [-0.1, -0.05) is 54.1 Å². The van der Waals surface area contributed by atoms with Crippen LogP contribution >= 0.6 is 0 Å². The van der Waals surface area contributed by atoms with Gasteiger partial charge in [0.1, 0.15) is 0 Å². The lowest BCUT2D eigenvalue weighted by molar-refractivity contribution is 0.214. The Kier molecular flexibility index (Phi) is 4.81. The summed E-state index contributed by atoms with van der Waals surface area (Å²) in [4.78, 5) is 5.21. The minimum atomic E-state index is 0.0553. The lowest BCUT2D eigenvalue weighted by atomic mass is 9.53. The van der Waals surface area contributed by atoms with Crippen molar-refractivity contribution in [3.63, 3.8) is 0 Å². The Labute approximate surface area is 199 Å². The molecule has 0 aromatic heterocycles. The molecule has 0 radical (unpaired) electrons. The molecule has 2 heterocycles. The molecule has 3 aliphatic rings. The number of nitrogens with zero attached hydrogens (tertiary/aromatic N) is 2. The molecule has 4 unspecified atom stereocenters.